The number of para-hydroxylation sites is 3. The van der Waals surface area contributed by atoms with E-state index in [4.69, 9.17) is 13.6 Å². The van der Waals surface area contributed by atoms with Crippen molar-refractivity contribution in [1.82, 2.24) is 0 Å². The van der Waals surface area contributed by atoms with Crippen molar-refractivity contribution in [3.8, 4) is 17.2 Å². The summed E-state index contributed by atoms with van der Waals surface area (Å²) in [6, 6.07) is 28.5. The van der Waals surface area contributed by atoms with E-state index in [-0.39, 0.29) is 48.0 Å². The van der Waals surface area contributed by atoms with E-state index in [0.29, 0.717) is 17.2 Å². The van der Waals surface area contributed by atoms with Crippen LogP contribution in [0.3, 0.4) is 0 Å². The smallest absolute Gasteiger partial charge is 0.530 e. The summed E-state index contributed by atoms with van der Waals surface area (Å²) in [5.41, 5.74) is 0. The van der Waals surface area contributed by atoms with E-state index >= 15 is 0 Å². The monoisotopic (exact) mass is 564 g/mol. The second kappa shape index (κ2) is 11.5. The molecule has 0 amide bonds. The SMILES string of the molecule is [I-].[I-].c1ccc(OP(Oc2ccccc2)Oc2ccccc2)cc1. The van der Waals surface area contributed by atoms with Crippen LogP contribution in [0.4, 0.5) is 0 Å². The molecule has 126 valence electrons. The lowest BCUT2D eigenvalue weighted by molar-refractivity contribution is -0.00100. The van der Waals surface area contributed by atoms with Gasteiger partial charge in [-0.25, -0.2) is 0 Å². The molecule has 0 aliphatic rings. The van der Waals surface area contributed by atoms with E-state index in [0.717, 1.165) is 0 Å². The van der Waals surface area contributed by atoms with Gasteiger partial charge in [0.25, 0.3) is 0 Å². The van der Waals surface area contributed by atoms with E-state index in [2.05, 4.69) is 0 Å². The van der Waals surface area contributed by atoms with Gasteiger partial charge in [0, 0.05) is 0 Å². The molecule has 0 saturated heterocycles. The molecular weight excluding hydrogens is 549 g/mol. The zero-order valence-electron chi connectivity index (χ0n) is 12.6. The minimum absolute atomic E-state index is 0. The summed E-state index contributed by atoms with van der Waals surface area (Å²) in [6.07, 6.45) is 0. The normalized spacial score (nSPS) is 9.38. The van der Waals surface area contributed by atoms with Crippen molar-refractivity contribution in [3.63, 3.8) is 0 Å². The van der Waals surface area contributed by atoms with Crippen molar-refractivity contribution in [2.45, 2.75) is 0 Å². The standard InChI is InChI=1S/C18H15O3P.2HI/c1-4-10-16(11-5-1)19-22(20-17-12-6-2-7-13-17)21-18-14-8-3-9-15-18;;/h1-15H;2*1H/p-2. The van der Waals surface area contributed by atoms with Crippen molar-refractivity contribution in [2.24, 2.45) is 0 Å². The Kier molecular flexibility index (Phi) is 10.1. The minimum Gasteiger partial charge on any atom is -1.00 e. The molecule has 0 radical (unpaired) electrons. The van der Waals surface area contributed by atoms with Crippen LogP contribution in [0.5, 0.6) is 17.2 Å². The van der Waals surface area contributed by atoms with Crippen LogP contribution >= 0.6 is 8.60 Å². The van der Waals surface area contributed by atoms with E-state index in [9.17, 15) is 0 Å². The number of hydrogen-bond acceptors (Lipinski definition) is 3. The molecule has 0 saturated carbocycles. The number of halogens is 2. The van der Waals surface area contributed by atoms with Gasteiger partial charge in [-0.2, -0.15) is 0 Å². The number of benzene rings is 3. The summed E-state index contributed by atoms with van der Waals surface area (Å²) in [5, 5.41) is 0. The largest absolute Gasteiger partial charge is 1.00 e. The lowest BCUT2D eigenvalue weighted by Crippen LogP contribution is -3.00. The zero-order valence-corrected chi connectivity index (χ0v) is 17.8. The molecule has 24 heavy (non-hydrogen) atoms. The Bertz CT molecular complexity index is 586. The van der Waals surface area contributed by atoms with Gasteiger partial charge < -0.3 is 61.5 Å². The van der Waals surface area contributed by atoms with E-state index < -0.39 is 8.60 Å². The van der Waals surface area contributed by atoms with Crippen molar-refractivity contribution < 1.29 is 61.5 Å². The molecule has 3 aromatic rings. The molecule has 0 atom stereocenters. The third kappa shape index (κ3) is 6.83. The second-order valence-electron chi connectivity index (χ2n) is 4.44. The van der Waals surface area contributed by atoms with Gasteiger partial charge in [0.2, 0.25) is 0 Å². The van der Waals surface area contributed by atoms with Crippen LogP contribution < -0.4 is 61.5 Å². The molecule has 0 unspecified atom stereocenters. The molecule has 0 N–H and O–H groups in total. The molecule has 0 aromatic heterocycles. The Hall–Kier alpha value is -1.05. The fourth-order valence-electron chi connectivity index (χ4n) is 1.76. The van der Waals surface area contributed by atoms with Gasteiger partial charge in [0.15, 0.2) is 0 Å². The highest BCUT2D eigenvalue weighted by molar-refractivity contribution is 7.43. The predicted molar refractivity (Wildman–Crippen MR) is 88.1 cm³/mol. The lowest BCUT2D eigenvalue weighted by atomic mass is 10.3. The highest BCUT2D eigenvalue weighted by atomic mass is 127. The molecule has 3 rings (SSSR count). The van der Waals surface area contributed by atoms with Crippen LogP contribution in [0.1, 0.15) is 0 Å². The first-order valence-corrected chi connectivity index (χ1v) is 7.99. The first-order chi connectivity index (χ1) is 10.9. The van der Waals surface area contributed by atoms with Gasteiger partial charge >= 0.3 is 8.60 Å². The maximum absolute atomic E-state index is 5.84. The van der Waals surface area contributed by atoms with Crippen molar-refractivity contribution >= 4 is 8.60 Å². The second-order valence-corrected chi connectivity index (χ2v) is 5.43. The van der Waals surface area contributed by atoms with Crippen LogP contribution in [0.2, 0.25) is 0 Å². The van der Waals surface area contributed by atoms with Crippen molar-refractivity contribution in [2.75, 3.05) is 0 Å². The number of hydrogen-bond donors (Lipinski definition) is 0. The average Bonchev–Trinajstić information content (AvgIpc) is 2.57. The van der Waals surface area contributed by atoms with Crippen LogP contribution in [0.25, 0.3) is 0 Å². The lowest BCUT2D eigenvalue weighted by Gasteiger charge is -2.17. The van der Waals surface area contributed by atoms with E-state index in [1.807, 2.05) is 91.0 Å². The topological polar surface area (TPSA) is 27.7 Å². The molecular formula is C18H15I2O3P-2. The summed E-state index contributed by atoms with van der Waals surface area (Å²) >= 11 is 0. The van der Waals surface area contributed by atoms with Gasteiger partial charge in [-0.3, -0.25) is 0 Å². The quantitative estimate of drug-likeness (QED) is 0.298. The van der Waals surface area contributed by atoms with Crippen LogP contribution in [-0.2, 0) is 0 Å². The fraction of sp³-hybridized carbons (Fsp3) is 0. The Labute approximate surface area is 177 Å². The molecule has 0 aliphatic carbocycles. The molecule has 6 heteroatoms. The van der Waals surface area contributed by atoms with Gasteiger partial charge in [-0.15, -0.1) is 0 Å². The Morgan fingerprint density at radius 2 is 0.667 bits per heavy atom. The van der Waals surface area contributed by atoms with Crippen molar-refractivity contribution in [3.05, 3.63) is 91.0 Å². The van der Waals surface area contributed by atoms with Crippen molar-refractivity contribution in [1.29, 1.82) is 0 Å². The van der Waals surface area contributed by atoms with Gasteiger partial charge in [-0.1, -0.05) is 54.6 Å². The third-order valence-electron chi connectivity index (χ3n) is 2.77. The van der Waals surface area contributed by atoms with Gasteiger partial charge in [0.05, 0.1) is 0 Å². The van der Waals surface area contributed by atoms with Gasteiger partial charge in [-0.05, 0) is 36.4 Å². The molecule has 3 aromatic carbocycles. The van der Waals surface area contributed by atoms with Crippen LogP contribution in [-0.4, -0.2) is 0 Å². The average molecular weight is 564 g/mol. The molecule has 0 spiro atoms. The molecule has 0 bridgehead atoms. The maximum Gasteiger partial charge on any atom is 0.530 e. The minimum atomic E-state index is -1.59. The Morgan fingerprint density at radius 3 is 0.917 bits per heavy atom. The highest BCUT2D eigenvalue weighted by Crippen LogP contribution is 2.41. The molecule has 0 fully saturated rings. The zero-order chi connectivity index (χ0) is 15.0. The molecule has 0 heterocycles. The number of rotatable bonds is 6. The Morgan fingerprint density at radius 1 is 0.417 bits per heavy atom. The molecule has 0 aliphatic heterocycles. The highest BCUT2D eigenvalue weighted by Gasteiger charge is 2.19. The van der Waals surface area contributed by atoms with E-state index in [1.54, 1.807) is 0 Å². The maximum atomic E-state index is 5.84. The summed E-state index contributed by atoms with van der Waals surface area (Å²) in [6.45, 7) is 0. The van der Waals surface area contributed by atoms with Crippen LogP contribution in [0, 0.1) is 0 Å². The Balaban J connectivity index is 0.00000144. The first kappa shape index (κ1) is 21.0. The van der Waals surface area contributed by atoms with Crippen LogP contribution in [0.15, 0.2) is 91.0 Å². The summed E-state index contributed by atoms with van der Waals surface area (Å²) in [7, 11) is -1.59. The third-order valence-corrected chi connectivity index (χ3v) is 3.85. The van der Waals surface area contributed by atoms with E-state index in [1.165, 1.54) is 0 Å². The summed E-state index contributed by atoms with van der Waals surface area (Å²) in [5.74, 6) is 2.13. The summed E-state index contributed by atoms with van der Waals surface area (Å²) in [4.78, 5) is 0. The first-order valence-electron chi connectivity index (χ1n) is 6.89. The van der Waals surface area contributed by atoms with Gasteiger partial charge in [0.1, 0.15) is 17.2 Å². The fourth-order valence-corrected chi connectivity index (χ4v) is 2.75. The summed E-state index contributed by atoms with van der Waals surface area (Å²) < 4.78 is 17.5. The molecule has 3 nitrogen and oxygen atoms in total. The predicted octanol–water partition coefficient (Wildman–Crippen LogP) is -0.542.